The van der Waals surface area contributed by atoms with Gasteiger partial charge >= 0.3 is 5.97 Å². The van der Waals surface area contributed by atoms with Crippen LogP contribution in [0.1, 0.15) is 52.9 Å². The first-order valence-electron chi connectivity index (χ1n) is 6.56. The highest BCUT2D eigenvalue weighted by molar-refractivity contribution is 6.03. The molecule has 0 radical (unpaired) electrons. The van der Waals surface area contributed by atoms with E-state index in [1.54, 1.807) is 13.8 Å². The number of Topliss-reactive ketones (excluding diaryl/α,β-unsaturated/α-hetero) is 1. The van der Waals surface area contributed by atoms with E-state index in [-0.39, 0.29) is 18.2 Å². The number of H-pyrrole nitrogens is 1. The van der Waals surface area contributed by atoms with Crippen LogP contribution in [0.2, 0.25) is 0 Å². The highest BCUT2D eigenvalue weighted by Gasteiger charge is 2.25. The molecule has 1 heterocycles. The number of nitrogens with zero attached hydrogens (tertiary/aromatic N) is 1. The predicted molar refractivity (Wildman–Crippen MR) is 74.1 cm³/mol. The lowest BCUT2D eigenvalue weighted by Crippen LogP contribution is -2.36. The Hall–Kier alpha value is -2.11. The number of ketones is 1. The van der Waals surface area contributed by atoms with E-state index in [4.69, 9.17) is 5.11 Å². The lowest BCUT2D eigenvalue weighted by Gasteiger charge is -2.18. The van der Waals surface area contributed by atoms with E-state index in [2.05, 4.69) is 4.98 Å². The number of carboxylic acids is 1. The van der Waals surface area contributed by atoms with Crippen LogP contribution in [0.5, 0.6) is 0 Å². The van der Waals surface area contributed by atoms with Gasteiger partial charge in [0, 0.05) is 17.8 Å². The van der Waals surface area contributed by atoms with Crippen LogP contribution in [-0.4, -0.2) is 45.7 Å². The van der Waals surface area contributed by atoms with Gasteiger partial charge < -0.3 is 15.0 Å². The molecule has 0 aliphatic carbocycles. The van der Waals surface area contributed by atoms with E-state index < -0.39 is 5.97 Å². The summed E-state index contributed by atoms with van der Waals surface area (Å²) in [6, 6.07) is 0. The van der Waals surface area contributed by atoms with Crippen molar-refractivity contribution in [3.8, 4) is 0 Å². The summed E-state index contributed by atoms with van der Waals surface area (Å²) in [6.07, 6.45) is 0.533. The van der Waals surface area contributed by atoms with E-state index in [0.717, 1.165) is 0 Å². The molecular formula is C14H20N2O4. The first-order valence-corrected chi connectivity index (χ1v) is 6.56. The molecule has 0 atom stereocenters. The summed E-state index contributed by atoms with van der Waals surface area (Å²) < 4.78 is 0. The number of carboxylic acid groups (broad SMARTS) is 1. The lowest BCUT2D eigenvalue weighted by atomic mass is 10.0. The van der Waals surface area contributed by atoms with Gasteiger partial charge in [0.15, 0.2) is 5.78 Å². The number of rotatable bonds is 6. The van der Waals surface area contributed by atoms with Gasteiger partial charge in [0.25, 0.3) is 5.91 Å². The molecule has 2 N–H and O–H groups in total. The van der Waals surface area contributed by atoms with E-state index in [1.807, 2.05) is 6.92 Å². The summed E-state index contributed by atoms with van der Waals surface area (Å²) in [5, 5.41) is 8.83. The minimum atomic E-state index is -1.06. The Labute approximate surface area is 117 Å². The molecule has 6 nitrogen and oxygen atoms in total. The number of hydrogen-bond acceptors (Lipinski definition) is 3. The Morgan fingerprint density at radius 2 is 1.85 bits per heavy atom. The Balaban J connectivity index is 3.25. The molecule has 110 valence electrons. The zero-order valence-corrected chi connectivity index (χ0v) is 12.2. The van der Waals surface area contributed by atoms with Gasteiger partial charge in [-0.15, -0.1) is 0 Å². The SMILES string of the molecule is CCc1c(C(=O)N(CC)CC(=O)O)[nH]c(C)c1C(C)=O. The van der Waals surface area contributed by atoms with Gasteiger partial charge in [-0.3, -0.25) is 14.4 Å². The molecule has 1 rings (SSSR count). The Bertz CT molecular complexity index is 546. The molecule has 1 aromatic heterocycles. The average Bonchev–Trinajstić information content (AvgIpc) is 2.71. The van der Waals surface area contributed by atoms with Crippen LogP contribution in [0.4, 0.5) is 0 Å². The second-order valence-electron chi connectivity index (χ2n) is 4.60. The van der Waals surface area contributed by atoms with Crippen molar-refractivity contribution >= 4 is 17.7 Å². The van der Waals surface area contributed by atoms with Gasteiger partial charge in [0.1, 0.15) is 12.2 Å². The number of likely N-dealkylation sites (N-methyl/N-ethyl adjacent to an activating group) is 1. The Morgan fingerprint density at radius 3 is 2.25 bits per heavy atom. The second kappa shape index (κ2) is 6.36. The van der Waals surface area contributed by atoms with Crippen molar-refractivity contribution in [1.29, 1.82) is 0 Å². The quantitative estimate of drug-likeness (QED) is 0.775. The molecule has 0 fully saturated rings. The molecule has 0 saturated carbocycles. The first kappa shape index (κ1) is 15.9. The number of carbonyl (C=O) groups is 3. The molecule has 1 aromatic rings. The number of nitrogens with one attached hydrogen (secondary N) is 1. The number of hydrogen-bond donors (Lipinski definition) is 2. The molecule has 1 amide bonds. The number of aliphatic carboxylic acids is 1. The third-order valence-electron chi connectivity index (χ3n) is 3.21. The predicted octanol–water partition coefficient (Wildman–Crippen LogP) is 1.63. The van der Waals surface area contributed by atoms with Gasteiger partial charge in [0.2, 0.25) is 0 Å². The third-order valence-corrected chi connectivity index (χ3v) is 3.21. The number of carbonyl (C=O) groups excluding carboxylic acids is 2. The lowest BCUT2D eigenvalue weighted by molar-refractivity contribution is -0.137. The molecule has 6 heteroatoms. The van der Waals surface area contributed by atoms with E-state index in [9.17, 15) is 14.4 Å². The number of aromatic nitrogens is 1. The van der Waals surface area contributed by atoms with Gasteiger partial charge in [0.05, 0.1) is 0 Å². The summed E-state index contributed by atoms with van der Waals surface area (Å²) >= 11 is 0. The average molecular weight is 280 g/mol. The fraction of sp³-hybridized carbons (Fsp3) is 0.500. The highest BCUT2D eigenvalue weighted by atomic mass is 16.4. The van der Waals surface area contributed by atoms with Crippen LogP contribution in [0.15, 0.2) is 0 Å². The fourth-order valence-electron chi connectivity index (χ4n) is 2.34. The van der Waals surface area contributed by atoms with Crippen LogP contribution < -0.4 is 0 Å². The maximum atomic E-state index is 12.4. The smallest absolute Gasteiger partial charge is 0.323 e. The minimum Gasteiger partial charge on any atom is -0.480 e. The van der Waals surface area contributed by atoms with Crippen molar-refractivity contribution in [2.75, 3.05) is 13.1 Å². The summed E-state index contributed by atoms with van der Waals surface area (Å²) in [4.78, 5) is 39.0. The molecular weight excluding hydrogens is 260 g/mol. The molecule has 0 aliphatic heterocycles. The van der Waals surface area contributed by atoms with Crippen molar-refractivity contribution in [2.45, 2.75) is 34.1 Å². The monoisotopic (exact) mass is 280 g/mol. The van der Waals surface area contributed by atoms with Crippen LogP contribution in [-0.2, 0) is 11.2 Å². The van der Waals surface area contributed by atoms with Crippen molar-refractivity contribution in [1.82, 2.24) is 9.88 Å². The van der Waals surface area contributed by atoms with Crippen LogP contribution in [0.25, 0.3) is 0 Å². The molecule has 0 bridgehead atoms. The number of aryl methyl sites for hydroxylation is 1. The summed E-state index contributed by atoms with van der Waals surface area (Å²) in [5.74, 6) is -1.55. The number of aromatic amines is 1. The van der Waals surface area contributed by atoms with Gasteiger partial charge in [-0.1, -0.05) is 6.92 Å². The minimum absolute atomic E-state index is 0.101. The summed E-state index contributed by atoms with van der Waals surface area (Å²) in [7, 11) is 0. The van der Waals surface area contributed by atoms with Crippen LogP contribution in [0, 0.1) is 6.92 Å². The van der Waals surface area contributed by atoms with Crippen LogP contribution in [0.3, 0.4) is 0 Å². The van der Waals surface area contributed by atoms with E-state index >= 15 is 0 Å². The zero-order valence-electron chi connectivity index (χ0n) is 12.2. The largest absolute Gasteiger partial charge is 0.480 e. The second-order valence-corrected chi connectivity index (χ2v) is 4.60. The third kappa shape index (κ3) is 3.07. The molecule has 0 spiro atoms. The highest BCUT2D eigenvalue weighted by Crippen LogP contribution is 2.21. The van der Waals surface area contributed by atoms with Crippen molar-refractivity contribution < 1.29 is 19.5 Å². The molecule has 0 saturated heterocycles. The fourth-order valence-corrected chi connectivity index (χ4v) is 2.34. The summed E-state index contributed by atoms with van der Waals surface area (Å²) in [6.45, 7) is 6.71. The molecule has 0 unspecified atom stereocenters. The van der Waals surface area contributed by atoms with Gasteiger partial charge in [-0.2, -0.15) is 0 Å². The molecule has 20 heavy (non-hydrogen) atoms. The van der Waals surface area contributed by atoms with Gasteiger partial charge in [-0.25, -0.2) is 0 Å². The van der Waals surface area contributed by atoms with E-state index in [0.29, 0.717) is 35.5 Å². The standard InChI is InChI=1S/C14H20N2O4/c1-5-10-12(9(4)17)8(3)15-13(10)14(20)16(6-2)7-11(18)19/h15H,5-7H2,1-4H3,(H,18,19). The molecule has 0 aliphatic rings. The Morgan fingerprint density at radius 1 is 1.25 bits per heavy atom. The maximum Gasteiger partial charge on any atom is 0.323 e. The van der Waals surface area contributed by atoms with Crippen molar-refractivity contribution in [2.24, 2.45) is 0 Å². The van der Waals surface area contributed by atoms with Crippen LogP contribution >= 0.6 is 0 Å². The normalized spacial score (nSPS) is 10.4. The van der Waals surface area contributed by atoms with Crippen molar-refractivity contribution in [3.05, 3.63) is 22.5 Å². The van der Waals surface area contributed by atoms with E-state index in [1.165, 1.54) is 11.8 Å². The topological polar surface area (TPSA) is 90.5 Å². The number of amides is 1. The summed E-state index contributed by atoms with van der Waals surface area (Å²) in [5.41, 5.74) is 2.15. The maximum absolute atomic E-state index is 12.4. The van der Waals surface area contributed by atoms with Crippen molar-refractivity contribution in [3.63, 3.8) is 0 Å². The molecule has 0 aromatic carbocycles. The first-order chi connectivity index (χ1) is 9.33. The zero-order chi connectivity index (χ0) is 15.4. The Kier molecular flexibility index (Phi) is 5.07. The van der Waals surface area contributed by atoms with Gasteiger partial charge in [-0.05, 0) is 32.8 Å².